The number of hydrogen-bond acceptors (Lipinski definition) is 1. The van der Waals surface area contributed by atoms with Gasteiger partial charge in [0.2, 0.25) is 6.41 Å². The van der Waals surface area contributed by atoms with Crippen LogP contribution in [0.4, 0.5) is 4.48 Å². The van der Waals surface area contributed by atoms with Gasteiger partial charge in [-0.25, -0.2) is 0 Å². The van der Waals surface area contributed by atoms with Crippen molar-refractivity contribution < 1.29 is 9.28 Å². The lowest BCUT2D eigenvalue weighted by molar-refractivity contribution is -0.131. The van der Waals surface area contributed by atoms with Gasteiger partial charge in [0.15, 0.2) is 0 Å². The Balaban J connectivity index is 2.98. The van der Waals surface area contributed by atoms with Crippen LogP contribution in [-0.4, -0.2) is 18.1 Å². The van der Waals surface area contributed by atoms with Crippen LogP contribution in [0.15, 0.2) is 0 Å². The van der Waals surface area contributed by atoms with Crippen molar-refractivity contribution in [2.24, 2.45) is 0 Å². The molecule has 0 atom stereocenters. The number of rotatable bonds is 3. The highest BCUT2D eigenvalue weighted by Crippen LogP contribution is 1.83. The molecule has 0 saturated heterocycles. The molecular formula is C4H8FNO. The zero-order valence-corrected chi connectivity index (χ0v) is 4.22. The van der Waals surface area contributed by atoms with Gasteiger partial charge in [-0.15, -0.1) is 0 Å². The van der Waals surface area contributed by atoms with Gasteiger partial charge in [0.1, 0.15) is 0 Å². The highest BCUT2D eigenvalue weighted by Gasteiger charge is 1.90. The number of nitrogens with zero attached hydrogens (tertiary/aromatic N) is 1. The Labute approximate surface area is 41.9 Å². The van der Waals surface area contributed by atoms with E-state index < -0.39 is 0 Å². The molecule has 0 aliphatic heterocycles. The van der Waals surface area contributed by atoms with E-state index in [0.29, 0.717) is 6.42 Å². The number of amides is 1. The lowest BCUT2D eigenvalue weighted by atomic mass is 10.5. The molecule has 0 radical (unpaired) electrons. The van der Waals surface area contributed by atoms with Gasteiger partial charge in [-0.3, -0.25) is 4.79 Å². The summed E-state index contributed by atoms with van der Waals surface area (Å²) in [4.78, 5) is 9.45. The third-order valence-corrected chi connectivity index (χ3v) is 0.552. The summed E-state index contributed by atoms with van der Waals surface area (Å²) in [5.74, 6) is 0. The zero-order valence-electron chi connectivity index (χ0n) is 4.22. The van der Waals surface area contributed by atoms with E-state index in [1.807, 2.05) is 0 Å². The summed E-state index contributed by atoms with van der Waals surface area (Å²) in [6.45, 7) is 2.00. The quantitative estimate of drug-likeness (QED) is 0.383. The molecule has 0 aliphatic carbocycles. The van der Waals surface area contributed by atoms with Crippen molar-refractivity contribution in [2.75, 3.05) is 6.54 Å². The van der Waals surface area contributed by atoms with Gasteiger partial charge < -0.3 is 0 Å². The fraction of sp³-hybridized carbons (Fsp3) is 0.750. The van der Waals surface area contributed by atoms with Crippen molar-refractivity contribution in [1.82, 2.24) is 5.12 Å². The average Bonchev–Trinajstić information content (AvgIpc) is 1.68. The molecule has 0 saturated carbocycles. The molecule has 0 aromatic rings. The maximum absolute atomic E-state index is 11.6. The molecule has 0 unspecified atom stereocenters. The van der Waals surface area contributed by atoms with Crippen LogP contribution >= 0.6 is 0 Å². The third-order valence-electron chi connectivity index (χ3n) is 0.552. The summed E-state index contributed by atoms with van der Waals surface area (Å²) < 4.78 is 11.6. The van der Waals surface area contributed by atoms with Crippen molar-refractivity contribution in [2.45, 2.75) is 13.3 Å². The van der Waals surface area contributed by atoms with E-state index in [1.54, 1.807) is 6.92 Å². The Morgan fingerprint density at radius 1 is 1.86 bits per heavy atom. The maximum Gasteiger partial charge on any atom is 0.237 e. The fourth-order valence-electron chi connectivity index (χ4n) is 0.266. The number of hydrogen-bond donors (Lipinski definition) is 0. The van der Waals surface area contributed by atoms with Gasteiger partial charge in [0.25, 0.3) is 0 Å². The van der Waals surface area contributed by atoms with Crippen molar-refractivity contribution in [3.63, 3.8) is 0 Å². The first-order valence-corrected chi connectivity index (χ1v) is 2.19. The molecule has 0 bridgehead atoms. The normalized spacial score (nSPS) is 8.29. The Morgan fingerprint density at radius 3 is 2.57 bits per heavy atom. The summed E-state index contributed by atoms with van der Waals surface area (Å²) in [5, 5.41) is 0.125. The van der Waals surface area contributed by atoms with Crippen LogP contribution in [0.5, 0.6) is 0 Å². The minimum atomic E-state index is 0.125. The van der Waals surface area contributed by atoms with Crippen LogP contribution in [-0.2, 0) is 4.79 Å². The van der Waals surface area contributed by atoms with Crippen molar-refractivity contribution in [3.8, 4) is 0 Å². The van der Waals surface area contributed by atoms with Gasteiger partial charge in [0, 0.05) is 0 Å². The standard InChI is InChI=1S/C4H8FNO/c1-2-3-6(5)4-7/h4H,2-3H2,1H3. The van der Waals surface area contributed by atoms with Crippen molar-refractivity contribution >= 4 is 6.41 Å². The molecule has 0 heterocycles. The van der Waals surface area contributed by atoms with E-state index in [9.17, 15) is 9.28 Å². The molecule has 0 rings (SSSR count). The number of carbonyl (C=O) groups is 1. The molecule has 1 amide bonds. The van der Waals surface area contributed by atoms with Crippen LogP contribution in [0.25, 0.3) is 0 Å². The second-order valence-corrected chi connectivity index (χ2v) is 1.23. The lowest BCUT2D eigenvalue weighted by Crippen LogP contribution is -2.10. The second-order valence-electron chi connectivity index (χ2n) is 1.23. The highest BCUT2D eigenvalue weighted by atomic mass is 19.2. The van der Waals surface area contributed by atoms with Gasteiger partial charge in [-0.2, -0.15) is 5.12 Å². The van der Waals surface area contributed by atoms with E-state index in [4.69, 9.17) is 0 Å². The molecule has 42 valence electrons. The molecule has 0 fully saturated rings. The predicted octanol–water partition coefficient (Wildman–Crippen LogP) is 0.739. The Bertz CT molecular complexity index is 57.7. The predicted molar refractivity (Wildman–Crippen MR) is 24.2 cm³/mol. The lowest BCUT2D eigenvalue weighted by Gasteiger charge is -1.98. The van der Waals surface area contributed by atoms with E-state index in [1.165, 1.54) is 0 Å². The van der Waals surface area contributed by atoms with Gasteiger partial charge in [-0.1, -0.05) is 11.4 Å². The molecule has 0 aliphatic rings. The molecule has 3 heteroatoms. The topological polar surface area (TPSA) is 20.3 Å². The van der Waals surface area contributed by atoms with Crippen LogP contribution < -0.4 is 0 Å². The molecule has 0 spiro atoms. The van der Waals surface area contributed by atoms with Crippen LogP contribution in [0.1, 0.15) is 13.3 Å². The van der Waals surface area contributed by atoms with Crippen LogP contribution in [0.3, 0.4) is 0 Å². The zero-order chi connectivity index (χ0) is 5.70. The third kappa shape index (κ3) is 3.22. The number of halogens is 1. The summed E-state index contributed by atoms with van der Waals surface area (Å²) >= 11 is 0. The minimum Gasteiger partial charge on any atom is -0.276 e. The number of carbonyl (C=O) groups excluding carboxylic acids is 1. The fourth-order valence-corrected chi connectivity index (χ4v) is 0.266. The van der Waals surface area contributed by atoms with Gasteiger partial charge in [0.05, 0.1) is 6.54 Å². The summed E-state index contributed by atoms with van der Waals surface area (Å²) in [5.41, 5.74) is 0. The smallest absolute Gasteiger partial charge is 0.237 e. The SMILES string of the molecule is CCCN(F)C=O. The van der Waals surface area contributed by atoms with Crippen molar-refractivity contribution in [1.29, 1.82) is 0 Å². The highest BCUT2D eigenvalue weighted by molar-refractivity contribution is 5.44. The molecule has 0 N–H and O–H groups in total. The maximum atomic E-state index is 11.6. The Morgan fingerprint density at radius 2 is 2.43 bits per heavy atom. The first kappa shape index (κ1) is 6.40. The van der Waals surface area contributed by atoms with Crippen LogP contribution in [0, 0.1) is 0 Å². The second kappa shape index (κ2) is 3.59. The minimum absolute atomic E-state index is 0.125. The Kier molecular flexibility index (Phi) is 3.28. The van der Waals surface area contributed by atoms with Crippen LogP contribution in [0.2, 0.25) is 0 Å². The largest absolute Gasteiger partial charge is 0.276 e. The van der Waals surface area contributed by atoms with E-state index in [2.05, 4.69) is 0 Å². The molecule has 7 heavy (non-hydrogen) atoms. The summed E-state index contributed by atoms with van der Waals surface area (Å²) in [7, 11) is 0. The average molecular weight is 105 g/mol. The van der Waals surface area contributed by atoms with Crippen molar-refractivity contribution in [3.05, 3.63) is 0 Å². The molecule has 0 aromatic heterocycles. The summed E-state index contributed by atoms with van der Waals surface area (Å²) in [6, 6.07) is 0. The monoisotopic (exact) mass is 105 g/mol. The Hall–Kier alpha value is -0.600. The summed E-state index contributed by atoms with van der Waals surface area (Å²) in [6.07, 6.45) is 0.832. The first-order chi connectivity index (χ1) is 3.31. The molecule has 2 nitrogen and oxygen atoms in total. The van der Waals surface area contributed by atoms with E-state index in [-0.39, 0.29) is 18.1 Å². The molecule has 0 aromatic carbocycles. The van der Waals surface area contributed by atoms with E-state index in [0.717, 1.165) is 0 Å². The van der Waals surface area contributed by atoms with Gasteiger partial charge in [-0.05, 0) is 6.42 Å². The van der Waals surface area contributed by atoms with Gasteiger partial charge >= 0.3 is 0 Å². The van der Waals surface area contributed by atoms with E-state index >= 15 is 0 Å². The molecular weight excluding hydrogens is 97.0 g/mol. The first-order valence-electron chi connectivity index (χ1n) is 2.19.